The molecule has 110 valence electrons. The Morgan fingerprint density at radius 3 is 2.45 bits per heavy atom. The van der Waals surface area contributed by atoms with Crippen molar-refractivity contribution in [2.75, 3.05) is 0 Å². The predicted molar refractivity (Wildman–Crippen MR) is 89.4 cm³/mol. The van der Waals surface area contributed by atoms with Crippen LogP contribution in [-0.4, -0.2) is 9.78 Å². The zero-order valence-electron chi connectivity index (χ0n) is 12.7. The molecule has 0 aliphatic heterocycles. The van der Waals surface area contributed by atoms with Crippen LogP contribution in [0.5, 0.6) is 0 Å². The van der Waals surface area contributed by atoms with Crippen molar-refractivity contribution in [3.05, 3.63) is 83.7 Å². The van der Waals surface area contributed by atoms with E-state index in [2.05, 4.69) is 76.6 Å². The largest absolute Gasteiger partial charge is 0.237 e. The lowest BCUT2D eigenvalue weighted by atomic mass is 9.83. The highest BCUT2D eigenvalue weighted by Crippen LogP contribution is 2.35. The molecule has 2 aromatic carbocycles. The van der Waals surface area contributed by atoms with Gasteiger partial charge in [0.2, 0.25) is 0 Å². The Morgan fingerprint density at radius 2 is 1.68 bits per heavy atom. The van der Waals surface area contributed by atoms with Crippen LogP contribution in [0.15, 0.2) is 66.9 Å². The molecule has 0 N–H and O–H groups in total. The van der Waals surface area contributed by atoms with Crippen molar-refractivity contribution < 1.29 is 0 Å². The number of rotatable bonds is 3. The third-order valence-electron chi connectivity index (χ3n) is 4.60. The number of benzene rings is 2. The summed E-state index contributed by atoms with van der Waals surface area (Å²) >= 11 is 0. The summed E-state index contributed by atoms with van der Waals surface area (Å²) in [5, 5.41) is 4.68. The minimum Gasteiger partial charge on any atom is -0.237 e. The minimum absolute atomic E-state index is 0.564. The first-order valence-corrected chi connectivity index (χ1v) is 8.08. The normalized spacial score (nSPS) is 17.2. The van der Waals surface area contributed by atoms with Crippen molar-refractivity contribution in [1.29, 1.82) is 0 Å². The van der Waals surface area contributed by atoms with Crippen LogP contribution in [0.3, 0.4) is 0 Å². The summed E-state index contributed by atoms with van der Waals surface area (Å²) in [4.78, 5) is 0. The number of aromatic nitrogens is 2. The van der Waals surface area contributed by atoms with Crippen molar-refractivity contribution in [3.63, 3.8) is 0 Å². The molecule has 4 rings (SSSR count). The number of aryl methyl sites for hydroxylation is 1. The van der Waals surface area contributed by atoms with Gasteiger partial charge in [-0.3, -0.25) is 0 Å². The predicted octanol–water partition coefficient (Wildman–Crippen LogP) is 4.53. The fourth-order valence-corrected chi connectivity index (χ4v) is 3.57. The molecular formula is C20H20N2. The lowest BCUT2D eigenvalue weighted by molar-refractivity contribution is 0.524. The summed E-state index contributed by atoms with van der Waals surface area (Å²) in [6.45, 7) is 0. The van der Waals surface area contributed by atoms with Gasteiger partial charge >= 0.3 is 0 Å². The van der Waals surface area contributed by atoms with Crippen LogP contribution in [0.1, 0.15) is 35.6 Å². The van der Waals surface area contributed by atoms with Crippen LogP contribution in [0, 0.1) is 0 Å². The number of nitrogens with zero attached hydrogens (tertiary/aromatic N) is 2. The van der Waals surface area contributed by atoms with Crippen molar-refractivity contribution in [1.82, 2.24) is 9.78 Å². The van der Waals surface area contributed by atoms with E-state index in [-0.39, 0.29) is 0 Å². The fourth-order valence-electron chi connectivity index (χ4n) is 3.57. The molecule has 3 aromatic rings. The van der Waals surface area contributed by atoms with Crippen molar-refractivity contribution in [2.24, 2.45) is 0 Å². The third-order valence-corrected chi connectivity index (χ3v) is 4.60. The standard InChI is InChI=1S/C20H20N2/c1-3-8-16(9-4-1)14-17-10-7-11-18-15-21-22(20(17)18)19-12-5-2-6-13-19/h1-6,8-9,12-13,15,17H,7,10-11,14H2. The Hall–Kier alpha value is -2.35. The van der Waals surface area contributed by atoms with Gasteiger partial charge in [0.05, 0.1) is 17.6 Å². The topological polar surface area (TPSA) is 17.8 Å². The summed E-state index contributed by atoms with van der Waals surface area (Å²) in [6, 6.07) is 21.3. The van der Waals surface area contributed by atoms with Crippen molar-refractivity contribution in [2.45, 2.75) is 31.6 Å². The van der Waals surface area contributed by atoms with Gasteiger partial charge in [-0.15, -0.1) is 0 Å². The van der Waals surface area contributed by atoms with Gasteiger partial charge in [0.25, 0.3) is 0 Å². The lowest BCUT2D eigenvalue weighted by Crippen LogP contribution is -2.16. The molecular weight excluding hydrogens is 268 g/mol. The molecule has 0 fully saturated rings. The molecule has 22 heavy (non-hydrogen) atoms. The summed E-state index contributed by atoms with van der Waals surface area (Å²) in [6.07, 6.45) is 6.85. The van der Waals surface area contributed by atoms with Crippen LogP contribution in [0.25, 0.3) is 5.69 Å². The minimum atomic E-state index is 0.564. The van der Waals surface area contributed by atoms with E-state index in [1.165, 1.54) is 35.3 Å². The first-order valence-electron chi connectivity index (χ1n) is 8.08. The van der Waals surface area contributed by atoms with E-state index < -0.39 is 0 Å². The summed E-state index contributed by atoms with van der Waals surface area (Å²) in [5.41, 5.74) is 5.43. The van der Waals surface area contributed by atoms with E-state index in [0.29, 0.717) is 5.92 Å². The first-order chi connectivity index (χ1) is 10.9. The second-order valence-corrected chi connectivity index (χ2v) is 6.08. The monoisotopic (exact) mass is 288 g/mol. The molecule has 0 radical (unpaired) electrons. The van der Waals surface area contributed by atoms with E-state index in [0.717, 1.165) is 12.8 Å². The van der Waals surface area contributed by atoms with Crippen LogP contribution < -0.4 is 0 Å². The highest BCUT2D eigenvalue weighted by Gasteiger charge is 2.25. The maximum atomic E-state index is 4.68. The molecule has 2 nitrogen and oxygen atoms in total. The smallest absolute Gasteiger partial charge is 0.0649 e. The highest BCUT2D eigenvalue weighted by atomic mass is 15.3. The summed E-state index contributed by atoms with van der Waals surface area (Å²) < 4.78 is 2.15. The van der Waals surface area contributed by atoms with Gasteiger partial charge in [0.15, 0.2) is 0 Å². The van der Waals surface area contributed by atoms with Crippen LogP contribution in [-0.2, 0) is 12.8 Å². The number of para-hydroxylation sites is 1. The molecule has 1 heterocycles. The second kappa shape index (κ2) is 5.80. The molecule has 0 saturated heterocycles. The van der Waals surface area contributed by atoms with Gasteiger partial charge in [-0.05, 0) is 48.9 Å². The van der Waals surface area contributed by atoms with Crippen molar-refractivity contribution in [3.8, 4) is 5.69 Å². The third kappa shape index (κ3) is 2.45. The molecule has 0 saturated carbocycles. The second-order valence-electron chi connectivity index (χ2n) is 6.08. The Morgan fingerprint density at radius 1 is 0.955 bits per heavy atom. The van der Waals surface area contributed by atoms with E-state index in [9.17, 15) is 0 Å². The Balaban J connectivity index is 1.72. The van der Waals surface area contributed by atoms with Gasteiger partial charge in [-0.1, -0.05) is 48.5 Å². The SMILES string of the molecule is c1ccc(CC2CCCc3cnn(-c4ccccc4)c32)cc1. The zero-order chi connectivity index (χ0) is 14.8. The number of hydrogen-bond acceptors (Lipinski definition) is 1. The first kappa shape index (κ1) is 13.3. The van der Waals surface area contributed by atoms with Gasteiger partial charge < -0.3 is 0 Å². The molecule has 1 atom stereocenters. The Kier molecular flexibility index (Phi) is 3.51. The van der Waals surface area contributed by atoms with Crippen LogP contribution >= 0.6 is 0 Å². The Labute approximate surface area is 131 Å². The quantitative estimate of drug-likeness (QED) is 0.692. The molecule has 1 aliphatic carbocycles. The molecule has 0 bridgehead atoms. The van der Waals surface area contributed by atoms with E-state index in [4.69, 9.17) is 0 Å². The fraction of sp³-hybridized carbons (Fsp3) is 0.250. The average Bonchev–Trinajstić information content (AvgIpc) is 3.02. The molecule has 2 heteroatoms. The Bertz CT molecular complexity index is 744. The van der Waals surface area contributed by atoms with E-state index >= 15 is 0 Å². The van der Waals surface area contributed by atoms with Crippen LogP contribution in [0.2, 0.25) is 0 Å². The molecule has 0 spiro atoms. The maximum absolute atomic E-state index is 4.68. The number of hydrogen-bond donors (Lipinski definition) is 0. The van der Waals surface area contributed by atoms with E-state index in [1.807, 2.05) is 0 Å². The lowest BCUT2D eigenvalue weighted by Gasteiger charge is -2.24. The molecule has 0 amide bonds. The molecule has 1 unspecified atom stereocenters. The van der Waals surface area contributed by atoms with E-state index in [1.54, 1.807) is 0 Å². The average molecular weight is 288 g/mol. The zero-order valence-corrected chi connectivity index (χ0v) is 12.7. The summed E-state index contributed by atoms with van der Waals surface area (Å²) in [7, 11) is 0. The molecule has 1 aliphatic rings. The maximum Gasteiger partial charge on any atom is 0.0649 e. The van der Waals surface area contributed by atoms with Crippen molar-refractivity contribution >= 4 is 0 Å². The van der Waals surface area contributed by atoms with Gasteiger partial charge in [-0.25, -0.2) is 4.68 Å². The molecule has 1 aromatic heterocycles. The van der Waals surface area contributed by atoms with Crippen LogP contribution in [0.4, 0.5) is 0 Å². The summed E-state index contributed by atoms with van der Waals surface area (Å²) in [5.74, 6) is 0.564. The highest BCUT2D eigenvalue weighted by molar-refractivity contribution is 5.38. The van der Waals surface area contributed by atoms with Gasteiger partial charge in [0.1, 0.15) is 0 Å². The van der Waals surface area contributed by atoms with Gasteiger partial charge in [0, 0.05) is 5.92 Å². The van der Waals surface area contributed by atoms with Gasteiger partial charge in [-0.2, -0.15) is 5.10 Å². The number of fused-ring (bicyclic) bond motifs is 1.